The van der Waals surface area contributed by atoms with Gasteiger partial charge in [-0.15, -0.1) is 12.4 Å². The van der Waals surface area contributed by atoms with Gasteiger partial charge in [0.25, 0.3) is 0 Å². The Morgan fingerprint density at radius 2 is 1.88 bits per heavy atom. The van der Waals surface area contributed by atoms with Crippen LogP contribution in [-0.2, 0) is 14.8 Å². The number of nitrogens with zero attached hydrogens (tertiary/aromatic N) is 1. The van der Waals surface area contributed by atoms with Gasteiger partial charge >= 0.3 is 0 Å². The molecule has 1 aromatic rings. The van der Waals surface area contributed by atoms with Crippen LogP contribution in [0.5, 0.6) is 0 Å². The minimum atomic E-state index is -4.11. The number of benzene rings is 1. The molecular formula is C16H22ClF2N3O3S. The highest BCUT2D eigenvalue weighted by atomic mass is 35.5. The van der Waals surface area contributed by atoms with Crippen molar-refractivity contribution in [3.05, 3.63) is 29.8 Å². The molecule has 6 nitrogen and oxygen atoms in total. The minimum Gasteiger partial charge on any atom is -0.352 e. The summed E-state index contributed by atoms with van der Waals surface area (Å²) < 4.78 is 53.3. The number of sulfonamides is 1. The van der Waals surface area contributed by atoms with Crippen LogP contribution in [-0.4, -0.2) is 50.9 Å². The Morgan fingerprint density at radius 3 is 2.50 bits per heavy atom. The van der Waals surface area contributed by atoms with E-state index in [1.807, 2.05) is 0 Å². The van der Waals surface area contributed by atoms with E-state index in [9.17, 15) is 22.0 Å². The maximum absolute atomic E-state index is 13.8. The van der Waals surface area contributed by atoms with Crippen molar-refractivity contribution in [2.45, 2.75) is 30.2 Å². The SMILES string of the molecule is Cl.O=C(NC1CCNC1)C1CCN(S(=O)(=O)c2cc(F)ccc2F)CC1. The first kappa shape index (κ1) is 21.0. The molecule has 2 saturated heterocycles. The van der Waals surface area contributed by atoms with Crippen molar-refractivity contribution in [3.63, 3.8) is 0 Å². The van der Waals surface area contributed by atoms with E-state index in [1.165, 1.54) is 0 Å². The molecule has 2 fully saturated rings. The zero-order valence-corrected chi connectivity index (χ0v) is 15.7. The molecule has 0 bridgehead atoms. The van der Waals surface area contributed by atoms with Gasteiger partial charge in [-0.1, -0.05) is 0 Å². The molecular weight excluding hydrogens is 388 g/mol. The number of carbonyl (C=O) groups is 1. The van der Waals surface area contributed by atoms with Crippen molar-refractivity contribution in [3.8, 4) is 0 Å². The number of halogens is 3. The summed E-state index contributed by atoms with van der Waals surface area (Å²) in [5.41, 5.74) is 0. The molecule has 1 amide bonds. The number of hydrogen-bond donors (Lipinski definition) is 2. The van der Waals surface area contributed by atoms with Crippen molar-refractivity contribution in [1.82, 2.24) is 14.9 Å². The summed E-state index contributed by atoms with van der Waals surface area (Å²) in [6.07, 6.45) is 1.61. The largest absolute Gasteiger partial charge is 0.352 e. The van der Waals surface area contributed by atoms with Gasteiger partial charge in [0.2, 0.25) is 15.9 Å². The van der Waals surface area contributed by atoms with Crippen LogP contribution in [0.1, 0.15) is 19.3 Å². The predicted molar refractivity (Wildman–Crippen MR) is 94.5 cm³/mol. The number of hydrogen-bond acceptors (Lipinski definition) is 4. The molecule has 10 heteroatoms. The monoisotopic (exact) mass is 409 g/mol. The van der Waals surface area contributed by atoms with Crippen molar-refractivity contribution < 1.29 is 22.0 Å². The third-order valence-electron chi connectivity index (χ3n) is 4.74. The van der Waals surface area contributed by atoms with Gasteiger partial charge in [0.1, 0.15) is 16.5 Å². The van der Waals surface area contributed by atoms with E-state index in [2.05, 4.69) is 10.6 Å². The third kappa shape index (κ3) is 4.51. The maximum atomic E-state index is 13.8. The number of piperidine rings is 1. The highest BCUT2D eigenvalue weighted by Gasteiger charge is 2.34. The summed E-state index contributed by atoms with van der Waals surface area (Å²) in [4.78, 5) is 11.6. The lowest BCUT2D eigenvalue weighted by Crippen LogP contribution is -2.45. The van der Waals surface area contributed by atoms with Crippen LogP contribution in [0.25, 0.3) is 0 Å². The Labute approximate surface area is 157 Å². The van der Waals surface area contributed by atoms with Gasteiger partial charge in [0.15, 0.2) is 0 Å². The van der Waals surface area contributed by atoms with E-state index < -0.39 is 26.6 Å². The van der Waals surface area contributed by atoms with E-state index >= 15 is 0 Å². The normalized spacial score (nSPS) is 22.0. The van der Waals surface area contributed by atoms with Crippen molar-refractivity contribution in [2.24, 2.45) is 5.92 Å². The minimum absolute atomic E-state index is 0. The van der Waals surface area contributed by atoms with E-state index in [4.69, 9.17) is 0 Å². The predicted octanol–water partition coefficient (Wildman–Crippen LogP) is 1.27. The van der Waals surface area contributed by atoms with Crippen LogP contribution in [0.3, 0.4) is 0 Å². The van der Waals surface area contributed by atoms with Crippen molar-refractivity contribution in [1.29, 1.82) is 0 Å². The van der Waals surface area contributed by atoms with E-state index in [0.29, 0.717) is 18.9 Å². The second-order valence-electron chi connectivity index (χ2n) is 6.45. The molecule has 2 heterocycles. The Balaban J connectivity index is 0.00000243. The van der Waals surface area contributed by atoms with Crippen LogP contribution in [0.15, 0.2) is 23.1 Å². The lowest BCUT2D eigenvalue weighted by atomic mass is 9.97. The van der Waals surface area contributed by atoms with Crippen LogP contribution in [0.2, 0.25) is 0 Å². The Bertz CT molecular complexity index is 749. The first-order valence-electron chi connectivity index (χ1n) is 8.34. The quantitative estimate of drug-likeness (QED) is 0.785. The number of amides is 1. The number of carbonyl (C=O) groups excluding carboxylic acids is 1. The molecule has 0 aromatic heterocycles. The van der Waals surface area contributed by atoms with Gasteiger partial charge in [0.05, 0.1) is 0 Å². The molecule has 0 spiro atoms. The molecule has 26 heavy (non-hydrogen) atoms. The molecule has 0 saturated carbocycles. The molecule has 1 atom stereocenters. The fraction of sp³-hybridized carbons (Fsp3) is 0.562. The van der Waals surface area contributed by atoms with Crippen LogP contribution in [0, 0.1) is 17.6 Å². The summed E-state index contributed by atoms with van der Waals surface area (Å²) in [5.74, 6) is -2.11. The first-order valence-corrected chi connectivity index (χ1v) is 9.78. The molecule has 146 valence electrons. The standard InChI is InChI=1S/C16H21F2N3O3S.ClH/c17-12-1-2-14(18)15(9-12)25(23,24)21-7-4-11(5-8-21)16(22)20-13-3-6-19-10-13;/h1-2,9,11,13,19H,3-8,10H2,(H,20,22);1H. The average Bonchev–Trinajstić information content (AvgIpc) is 3.10. The number of nitrogens with one attached hydrogen (secondary N) is 2. The molecule has 2 aliphatic heterocycles. The van der Waals surface area contributed by atoms with Crippen LogP contribution >= 0.6 is 12.4 Å². The summed E-state index contributed by atoms with van der Waals surface area (Å²) in [6.45, 7) is 1.84. The van der Waals surface area contributed by atoms with Gasteiger partial charge in [-0.05, 0) is 44.0 Å². The van der Waals surface area contributed by atoms with E-state index in [0.717, 1.165) is 35.9 Å². The maximum Gasteiger partial charge on any atom is 0.246 e. The van der Waals surface area contributed by atoms with Gasteiger partial charge < -0.3 is 10.6 Å². The molecule has 1 unspecified atom stereocenters. The van der Waals surface area contributed by atoms with E-state index in [-0.39, 0.29) is 43.4 Å². The van der Waals surface area contributed by atoms with Gasteiger partial charge in [-0.2, -0.15) is 4.31 Å². The summed E-state index contributed by atoms with van der Waals surface area (Å²) >= 11 is 0. The number of rotatable bonds is 4. The molecule has 0 radical (unpaired) electrons. The zero-order chi connectivity index (χ0) is 18.0. The highest BCUT2D eigenvalue weighted by Crippen LogP contribution is 2.26. The topological polar surface area (TPSA) is 78.5 Å². The van der Waals surface area contributed by atoms with Gasteiger partial charge in [0, 0.05) is 31.6 Å². The highest BCUT2D eigenvalue weighted by molar-refractivity contribution is 7.89. The average molecular weight is 410 g/mol. The zero-order valence-electron chi connectivity index (χ0n) is 14.1. The molecule has 0 aliphatic carbocycles. The first-order chi connectivity index (χ1) is 11.9. The smallest absolute Gasteiger partial charge is 0.246 e. The van der Waals surface area contributed by atoms with Gasteiger partial charge in [-0.3, -0.25) is 4.79 Å². The summed E-state index contributed by atoms with van der Waals surface area (Å²) in [5, 5.41) is 6.14. The summed E-state index contributed by atoms with van der Waals surface area (Å²) in [6, 6.07) is 2.49. The van der Waals surface area contributed by atoms with E-state index in [1.54, 1.807) is 0 Å². The lowest BCUT2D eigenvalue weighted by Gasteiger charge is -2.31. The second kappa shape index (κ2) is 8.60. The molecule has 2 aliphatic rings. The van der Waals surface area contributed by atoms with Crippen molar-refractivity contribution >= 4 is 28.3 Å². The Kier molecular flexibility index (Phi) is 6.95. The van der Waals surface area contributed by atoms with Crippen LogP contribution in [0.4, 0.5) is 8.78 Å². The fourth-order valence-corrected chi connectivity index (χ4v) is 4.81. The Morgan fingerprint density at radius 1 is 1.19 bits per heavy atom. The molecule has 3 rings (SSSR count). The van der Waals surface area contributed by atoms with Crippen molar-refractivity contribution in [2.75, 3.05) is 26.2 Å². The van der Waals surface area contributed by atoms with Gasteiger partial charge in [-0.25, -0.2) is 17.2 Å². The van der Waals surface area contributed by atoms with Crippen LogP contribution < -0.4 is 10.6 Å². The summed E-state index contributed by atoms with van der Waals surface area (Å²) in [7, 11) is -4.11. The lowest BCUT2D eigenvalue weighted by molar-refractivity contribution is -0.126. The fourth-order valence-electron chi connectivity index (χ4n) is 3.27. The third-order valence-corrected chi connectivity index (χ3v) is 6.66. The molecule has 1 aromatic carbocycles. The Hall–Kier alpha value is -1.29. The molecule has 2 N–H and O–H groups in total. The second-order valence-corrected chi connectivity index (χ2v) is 8.36.